The summed E-state index contributed by atoms with van der Waals surface area (Å²) in [5, 5.41) is 5.74. The molecular formula is C28H31N3O7. The Bertz CT molecular complexity index is 1210. The van der Waals surface area contributed by atoms with Crippen LogP contribution in [0.15, 0.2) is 66.7 Å². The summed E-state index contributed by atoms with van der Waals surface area (Å²) in [4.78, 5) is 27.4. The van der Waals surface area contributed by atoms with Crippen LogP contribution in [-0.4, -0.2) is 65.6 Å². The molecule has 0 radical (unpaired) electrons. The monoisotopic (exact) mass is 521 g/mol. The van der Waals surface area contributed by atoms with E-state index in [1.165, 1.54) is 0 Å². The normalized spacial score (nSPS) is 12.8. The zero-order chi connectivity index (χ0) is 26.7. The van der Waals surface area contributed by atoms with Crippen LogP contribution in [0, 0.1) is 0 Å². The van der Waals surface area contributed by atoms with Crippen molar-refractivity contribution in [1.82, 2.24) is 0 Å². The number of morpholine rings is 1. The Morgan fingerprint density at radius 2 is 1.24 bits per heavy atom. The van der Waals surface area contributed by atoms with Crippen molar-refractivity contribution < 1.29 is 33.3 Å². The number of hydrogen-bond acceptors (Lipinski definition) is 8. The standard InChI is InChI=1S/C28H31N3O7/c1-34-21-4-8-23(9-5-21)37-18-27(32)29-20-3-12-26(31-13-15-36-16-14-31)25(17-20)30-28(33)19-38-24-10-6-22(35-2)7-11-24/h3-12,17H,13-16,18-19H2,1-2H3,(H,29,32)(H,30,33). The molecule has 0 aliphatic carbocycles. The van der Waals surface area contributed by atoms with Gasteiger partial charge in [-0.15, -0.1) is 0 Å². The van der Waals surface area contributed by atoms with Crippen LogP contribution < -0.4 is 34.5 Å². The van der Waals surface area contributed by atoms with Gasteiger partial charge in [-0.25, -0.2) is 0 Å². The van der Waals surface area contributed by atoms with E-state index in [0.29, 0.717) is 60.7 Å². The first-order valence-corrected chi connectivity index (χ1v) is 12.1. The highest BCUT2D eigenvalue weighted by Gasteiger charge is 2.18. The minimum atomic E-state index is -0.333. The summed E-state index contributed by atoms with van der Waals surface area (Å²) in [5.74, 6) is 1.83. The fourth-order valence-corrected chi connectivity index (χ4v) is 3.82. The summed E-state index contributed by atoms with van der Waals surface area (Å²) in [6.45, 7) is 2.21. The number of nitrogens with one attached hydrogen (secondary N) is 2. The van der Waals surface area contributed by atoms with Gasteiger partial charge in [0.2, 0.25) is 0 Å². The van der Waals surface area contributed by atoms with Crippen molar-refractivity contribution in [2.45, 2.75) is 0 Å². The molecule has 1 heterocycles. The van der Waals surface area contributed by atoms with Gasteiger partial charge in [0.1, 0.15) is 23.0 Å². The van der Waals surface area contributed by atoms with E-state index >= 15 is 0 Å². The van der Waals surface area contributed by atoms with Crippen molar-refractivity contribution in [3.8, 4) is 23.0 Å². The Kier molecular flexibility index (Phi) is 9.25. The lowest BCUT2D eigenvalue weighted by molar-refractivity contribution is -0.118. The molecule has 0 spiro atoms. The van der Waals surface area contributed by atoms with Gasteiger partial charge >= 0.3 is 0 Å². The molecule has 0 bridgehead atoms. The van der Waals surface area contributed by atoms with Gasteiger partial charge < -0.3 is 39.2 Å². The van der Waals surface area contributed by atoms with E-state index in [0.717, 1.165) is 5.69 Å². The van der Waals surface area contributed by atoms with E-state index in [9.17, 15) is 9.59 Å². The molecule has 200 valence electrons. The van der Waals surface area contributed by atoms with E-state index in [1.807, 2.05) is 6.07 Å². The fourth-order valence-electron chi connectivity index (χ4n) is 3.82. The Labute approximate surface area is 221 Å². The zero-order valence-corrected chi connectivity index (χ0v) is 21.4. The van der Waals surface area contributed by atoms with Gasteiger partial charge in [-0.05, 0) is 66.7 Å². The number of benzene rings is 3. The van der Waals surface area contributed by atoms with Crippen molar-refractivity contribution >= 4 is 28.9 Å². The van der Waals surface area contributed by atoms with E-state index in [4.69, 9.17) is 23.7 Å². The van der Waals surface area contributed by atoms with Gasteiger partial charge in [0, 0.05) is 18.8 Å². The van der Waals surface area contributed by atoms with Gasteiger partial charge in [-0.3, -0.25) is 9.59 Å². The molecule has 10 heteroatoms. The smallest absolute Gasteiger partial charge is 0.262 e. The number of hydrogen-bond donors (Lipinski definition) is 2. The number of ether oxygens (including phenoxy) is 5. The first-order chi connectivity index (χ1) is 18.5. The van der Waals surface area contributed by atoms with Crippen molar-refractivity contribution in [2.24, 2.45) is 0 Å². The molecule has 10 nitrogen and oxygen atoms in total. The second-order valence-corrected chi connectivity index (χ2v) is 8.36. The average molecular weight is 522 g/mol. The summed E-state index contributed by atoms with van der Waals surface area (Å²) in [5.41, 5.74) is 1.92. The summed E-state index contributed by atoms with van der Waals surface area (Å²) < 4.78 is 26.9. The molecule has 0 saturated carbocycles. The van der Waals surface area contributed by atoms with Crippen LogP contribution in [-0.2, 0) is 14.3 Å². The van der Waals surface area contributed by atoms with E-state index in [1.54, 1.807) is 74.9 Å². The van der Waals surface area contributed by atoms with E-state index < -0.39 is 0 Å². The van der Waals surface area contributed by atoms with Crippen molar-refractivity contribution in [3.63, 3.8) is 0 Å². The third kappa shape index (κ3) is 7.53. The van der Waals surface area contributed by atoms with Gasteiger partial charge in [0.05, 0.1) is 38.8 Å². The summed E-state index contributed by atoms with van der Waals surface area (Å²) in [7, 11) is 3.16. The molecule has 0 aromatic heterocycles. The Morgan fingerprint density at radius 1 is 0.737 bits per heavy atom. The maximum atomic E-state index is 12.8. The minimum absolute atomic E-state index is 0.172. The van der Waals surface area contributed by atoms with Crippen LogP contribution in [0.1, 0.15) is 0 Å². The third-order valence-corrected chi connectivity index (χ3v) is 5.76. The predicted molar refractivity (Wildman–Crippen MR) is 144 cm³/mol. The van der Waals surface area contributed by atoms with Gasteiger partial charge in [-0.1, -0.05) is 0 Å². The Hall–Kier alpha value is -4.44. The lowest BCUT2D eigenvalue weighted by Gasteiger charge is -2.30. The molecule has 1 aliphatic rings. The lowest BCUT2D eigenvalue weighted by Crippen LogP contribution is -2.37. The third-order valence-electron chi connectivity index (χ3n) is 5.76. The first-order valence-electron chi connectivity index (χ1n) is 12.1. The molecule has 4 rings (SSSR count). The molecule has 0 atom stereocenters. The van der Waals surface area contributed by atoms with Crippen LogP contribution in [0.2, 0.25) is 0 Å². The number of rotatable bonds is 11. The van der Waals surface area contributed by atoms with Gasteiger partial charge in [0.25, 0.3) is 11.8 Å². The minimum Gasteiger partial charge on any atom is -0.497 e. The largest absolute Gasteiger partial charge is 0.497 e. The fraction of sp³-hybridized carbons (Fsp3) is 0.286. The number of anilines is 3. The first kappa shape index (κ1) is 26.6. The topological polar surface area (TPSA) is 108 Å². The molecule has 1 aliphatic heterocycles. The predicted octanol–water partition coefficient (Wildman–Crippen LogP) is 3.58. The zero-order valence-electron chi connectivity index (χ0n) is 21.4. The number of nitrogens with zero attached hydrogens (tertiary/aromatic N) is 1. The van der Waals surface area contributed by atoms with Crippen LogP contribution in [0.4, 0.5) is 17.1 Å². The van der Waals surface area contributed by atoms with Gasteiger partial charge in [-0.2, -0.15) is 0 Å². The van der Waals surface area contributed by atoms with Crippen molar-refractivity contribution in [2.75, 3.05) is 69.3 Å². The summed E-state index contributed by atoms with van der Waals surface area (Å²) in [6.07, 6.45) is 0. The molecule has 3 aromatic rings. The SMILES string of the molecule is COc1ccc(OCC(=O)Nc2ccc(N3CCOCC3)c(NC(=O)COc3ccc(OC)cc3)c2)cc1. The molecule has 1 saturated heterocycles. The highest BCUT2D eigenvalue weighted by molar-refractivity contribution is 5.98. The summed E-state index contributed by atoms with van der Waals surface area (Å²) >= 11 is 0. The quantitative estimate of drug-likeness (QED) is 0.394. The molecule has 0 unspecified atom stereocenters. The van der Waals surface area contributed by atoms with Crippen LogP contribution >= 0.6 is 0 Å². The van der Waals surface area contributed by atoms with Crippen LogP contribution in [0.5, 0.6) is 23.0 Å². The maximum absolute atomic E-state index is 12.8. The lowest BCUT2D eigenvalue weighted by atomic mass is 10.2. The molecule has 1 fully saturated rings. The molecule has 2 N–H and O–H groups in total. The Morgan fingerprint density at radius 3 is 1.76 bits per heavy atom. The second-order valence-electron chi connectivity index (χ2n) is 8.36. The van der Waals surface area contributed by atoms with E-state index in [2.05, 4.69) is 15.5 Å². The second kappa shape index (κ2) is 13.2. The van der Waals surface area contributed by atoms with Crippen LogP contribution in [0.3, 0.4) is 0 Å². The Balaban J connectivity index is 1.40. The maximum Gasteiger partial charge on any atom is 0.262 e. The van der Waals surface area contributed by atoms with Crippen molar-refractivity contribution in [1.29, 1.82) is 0 Å². The average Bonchev–Trinajstić information content (AvgIpc) is 2.96. The highest BCUT2D eigenvalue weighted by Crippen LogP contribution is 2.30. The molecular weight excluding hydrogens is 490 g/mol. The summed E-state index contributed by atoms with van der Waals surface area (Å²) in [6, 6.07) is 19.3. The highest BCUT2D eigenvalue weighted by atomic mass is 16.5. The number of methoxy groups -OCH3 is 2. The van der Waals surface area contributed by atoms with Crippen LogP contribution in [0.25, 0.3) is 0 Å². The number of carbonyl (C=O) groups is 2. The molecule has 38 heavy (non-hydrogen) atoms. The molecule has 3 aromatic carbocycles. The van der Waals surface area contributed by atoms with E-state index in [-0.39, 0.29) is 25.0 Å². The number of carbonyl (C=O) groups excluding carboxylic acids is 2. The van der Waals surface area contributed by atoms with Gasteiger partial charge in [0.15, 0.2) is 13.2 Å². The molecule has 2 amide bonds. The van der Waals surface area contributed by atoms with Crippen molar-refractivity contribution in [3.05, 3.63) is 66.7 Å². The number of amides is 2.